The van der Waals surface area contributed by atoms with Crippen molar-refractivity contribution in [1.29, 1.82) is 0 Å². The number of hydrogen-bond donors (Lipinski definition) is 1. The number of amides is 1. The molecular weight excluding hydrogens is 364 g/mol. The van der Waals surface area contributed by atoms with Crippen molar-refractivity contribution in [2.45, 2.75) is 32.2 Å². The lowest BCUT2D eigenvalue weighted by atomic mass is 9.73. The first-order valence-corrected chi connectivity index (χ1v) is 10.6. The molecule has 1 N–H and O–H groups in total. The standard InChI is InChI=1S/C24H30N2O3/c27-16-15-26-19-24(13-11-23(26)28)12-4-14-25(18-24)17-20-7-9-22(10-8-20)29-21-5-2-1-3-6-21/h1-3,5-10,27H,4,11-19H2. The van der Waals surface area contributed by atoms with Gasteiger partial charge in [0.25, 0.3) is 0 Å². The number of hydrogen-bond acceptors (Lipinski definition) is 4. The molecule has 2 aliphatic heterocycles. The molecule has 1 amide bonds. The molecule has 0 aromatic heterocycles. The molecule has 5 nitrogen and oxygen atoms in total. The fraction of sp³-hybridized carbons (Fsp3) is 0.458. The van der Waals surface area contributed by atoms with Crippen LogP contribution in [0, 0.1) is 5.41 Å². The van der Waals surface area contributed by atoms with Crippen LogP contribution in [-0.2, 0) is 11.3 Å². The van der Waals surface area contributed by atoms with E-state index in [1.165, 1.54) is 12.0 Å². The van der Waals surface area contributed by atoms with Gasteiger partial charge in [-0.25, -0.2) is 0 Å². The minimum absolute atomic E-state index is 0.0446. The zero-order valence-electron chi connectivity index (χ0n) is 16.9. The second kappa shape index (κ2) is 8.97. The second-order valence-corrected chi connectivity index (χ2v) is 8.41. The summed E-state index contributed by atoms with van der Waals surface area (Å²) in [6, 6.07) is 18.2. The first-order chi connectivity index (χ1) is 14.2. The maximum atomic E-state index is 12.1. The van der Waals surface area contributed by atoms with Crippen LogP contribution < -0.4 is 4.74 Å². The lowest BCUT2D eigenvalue weighted by Gasteiger charge is -2.48. The van der Waals surface area contributed by atoms with Gasteiger partial charge in [-0.1, -0.05) is 30.3 Å². The number of piperidine rings is 2. The molecule has 1 unspecified atom stereocenters. The van der Waals surface area contributed by atoms with E-state index < -0.39 is 0 Å². The van der Waals surface area contributed by atoms with Crippen LogP contribution in [0.2, 0.25) is 0 Å². The SMILES string of the molecule is O=C1CCC2(CCCN(Cc3ccc(Oc4ccccc4)cc3)C2)CN1CCO. The number of para-hydroxylation sites is 1. The highest BCUT2D eigenvalue weighted by molar-refractivity contribution is 5.77. The van der Waals surface area contributed by atoms with Crippen LogP contribution in [-0.4, -0.2) is 53.6 Å². The van der Waals surface area contributed by atoms with Gasteiger partial charge in [0, 0.05) is 38.0 Å². The van der Waals surface area contributed by atoms with Gasteiger partial charge < -0.3 is 14.7 Å². The summed E-state index contributed by atoms with van der Waals surface area (Å²) in [6.07, 6.45) is 3.91. The van der Waals surface area contributed by atoms with Gasteiger partial charge in [-0.05, 0) is 55.6 Å². The number of β-amino-alcohol motifs (C(OH)–C–C–N with tert-alkyl or cyclic N) is 1. The molecule has 1 atom stereocenters. The van der Waals surface area contributed by atoms with Crippen LogP contribution in [0.15, 0.2) is 54.6 Å². The van der Waals surface area contributed by atoms with Gasteiger partial charge >= 0.3 is 0 Å². The lowest BCUT2D eigenvalue weighted by Crippen LogP contribution is -2.54. The van der Waals surface area contributed by atoms with Crippen LogP contribution in [0.1, 0.15) is 31.2 Å². The van der Waals surface area contributed by atoms with Crippen molar-refractivity contribution in [1.82, 2.24) is 9.80 Å². The first kappa shape index (κ1) is 19.9. The Morgan fingerprint density at radius 3 is 2.48 bits per heavy atom. The van der Waals surface area contributed by atoms with E-state index in [1.807, 2.05) is 47.4 Å². The van der Waals surface area contributed by atoms with E-state index in [-0.39, 0.29) is 17.9 Å². The maximum Gasteiger partial charge on any atom is 0.222 e. The number of carbonyl (C=O) groups excluding carboxylic acids is 1. The highest BCUT2D eigenvalue weighted by atomic mass is 16.5. The molecular formula is C24H30N2O3. The summed E-state index contributed by atoms with van der Waals surface area (Å²) in [5.41, 5.74) is 1.46. The molecule has 2 fully saturated rings. The Bertz CT molecular complexity index is 809. The van der Waals surface area contributed by atoms with Gasteiger partial charge in [-0.2, -0.15) is 0 Å². The van der Waals surface area contributed by atoms with E-state index in [9.17, 15) is 9.90 Å². The van der Waals surface area contributed by atoms with Gasteiger partial charge in [-0.15, -0.1) is 0 Å². The first-order valence-electron chi connectivity index (χ1n) is 10.6. The summed E-state index contributed by atoms with van der Waals surface area (Å²) < 4.78 is 5.89. The number of carbonyl (C=O) groups is 1. The lowest BCUT2D eigenvalue weighted by molar-refractivity contribution is -0.140. The molecule has 1 spiro atoms. The predicted molar refractivity (Wildman–Crippen MR) is 113 cm³/mol. The van der Waals surface area contributed by atoms with E-state index in [0.29, 0.717) is 13.0 Å². The Morgan fingerprint density at radius 2 is 1.72 bits per heavy atom. The number of rotatable bonds is 6. The highest BCUT2D eigenvalue weighted by Gasteiger charge is 2.41. The van der Waals surface area contributed by atoms with Gasteiger partial charge in [-0.3, -0.25) is 9.69 Å². The molecule has 5 heteroatoms. The summed E-state index contributed by atoms with van der Waals surface area (Å²) in [4.78, 5) is 16.5. The fourth-order valence-corrected chi connectivity index (χ4v) is 4.75. The normalized spacial score (nSPS) is 22.8. The number of aliphatic hydroxyl groups is 1. The quantitative estimate of drug-likeness (QED) is 0.812. The third-order valence-electron chi connectivity index (χ3n) is 6.17. The van der Waals surface area contributed by atoms with Crippen LogP contribution >= 0.6 is 0 Å². The molecule has 0 bridgehead atoms. The second-order valence-electron chi connectivity index (χ2n) is 8.41. The Morgan fingerprint density at radius 1 is 0.966 bits per heavy atom. The smallest absolute Gasteiger partial charge is 0.222 e. The van der Waals surface area contributed by atoms with Crippen molar-refractivity contribution in [3.8, 4) is 11.5 Å². The molecule has 29 heavy (non-hydrogen) atoms. The van der Waals surface area contributed by atoms with Gasteiger partial charge in [0.05, 0.1) is 6.61 Å². The fourth-order valence-electron chi connectivity index (χ4n) is 4.75. The number of nitrogens with zero attached hydrogens (tertiary/aromatic N) is 2. The van der Waals surface area contributed by atoms with Crippen molar-refractivity contribution in [3.05, 3.63) is 60.2 Å². The van der Waals surface area contributed by atoms with Crippen molar-refractivity contribution >= 4 is 5.91 Å². The minimum atomic E-state index is 0.0446. The number of benzene rings is 2. The third-order valence-corrected chi connectivity index (χ3v) is 6.17. The van der Waals surface area contributed by atoms with Crippen LogP contribution in [0.3, 0.4) is 0 Å². The number of ether oxygens (including phenoxy) is 1. The molecule has 0 saturated carbocycles. The molecule has 2 saturated heterocycles. The summed E-state index contributed by atoms with van der Waals surface area (Å²) in [6.45, 7) is 4.32. The molecule has 0 radical (unpaired) electrons. The van der Waals surface area contributed by atoms with Gasteiger partial charge in [0.15, 0.2) is 0 Å². The van der Waals surface area contributed by atoms with Crippen LogP contribution in [0.4, 0.5) is 0 Å². The maximum absolute atomic E-state index is 12.1. The third kappa shape index (κ3) is 4.98. The number of likely N-dealkylation sites (tertiary alicyclic amines) is 2. The van der Waals surface area contributed by atoms with Crippen molar-refractivity contribution in [3.63, 3.8) is 0 Å². The summed E-state index contributed by atoms with van der Waals surface area (Å²) >= 11 is 0. The van der Waals surface area contributed by atoms with E-state index in [2.05, 4.69) is 17.0 Å². The monoisotopic (exact) mass is 394 g/mol. The molecule has 2 aromatic carbocycles. The molecule has 4 rings (SSSR count). The zero-order valence-corrected chi connectivity index (χ0v) is 16.9. The van der Waals surface area contributed by atoms with Crippen LogP contribution in [0.25, 0.3) is 0 Å². The van der Waals surface area contributed by atoms with Gasteiger partial charge in [0.1, 0.15) is 11.5 Å². The largest absolute Gasteiger partial charge is 0.457 e. The number of aliphatic hydroxyl groups excluding tert-OH is 1. The Kier molecular flexibility index (Phi) is 6.16. The Labute approximate surface area is 172 Å². The average molecular weight is 395 g/mol. The molecule has 154 valence electrons. The molecule has 0 aliphatic carbocycles. The summed E-state index contributed by atoms with van der Waals surface area (Å²) in [7, 11) is 0. The van der Waals surface area contributed by atoms with Crippen LogP contribution in [0.5, 0.6) is 11.5 Å². The minimum Gasteiger partial charge on any atom is -0.457 e. The molecule has 2 aliphatic rings. The molecule has 2 heterocycles. The molecule has 2 aromatic rings. The average Bonchev–Trinajstić information content (AvgIpc) is 2.74. The van der Waals surface area contributed by atoms with E-state index in [4.69, 9.17) is 4.74 Å². The summed E-state index contributed by atoms with van der Waals surface area (Å²) in [5, 5.41) is 9.27. The van der Waals surface area contributed by atoms with Crippen molar-refractivity contribution in [2.75, 3.05) is 32.8 Å². The Balaban J connectivity index is 1.36. The van der Waals surface area contributed by atoms with Gasteiger partial charge in [0.2, 0.25) is 5.91 Å². The van der Waals surface area contributed by atoms with E-state index in [1.54, 1.807) is 0 Å². The van der Waals surface area contributed by atoms with Crippen molar-refractivity contribution in [2.24, 2.45) is 5.41 Å². The Hall–Kier alpha value is -2.37. The predicted octanol–water partition coefficient (Wildman–Crippen LogP) is 3.68. The zero-order chi connectivity index (χ0) is 20.1. The van der Waals surface area contributed by atoms with E-state index >= 15 is 0 Å². The van der Waals surface area contributed by atoms with Crippen molar-refractivity contribution < 1.29 is 14.6 Å². The topological polar surface area (TPSA) is 53.0 Å². The highest BCUT2D eigenvalue weighted by Crippen LogP contribution is 2.39. The summed E-state index contributed by atoms with van der Waals surface area (Å²) in [5.74, 6) is 1.88. The van der Waals surface area contributed by atoms with E-state index in [0.717, 1.165) is 50.5 Å².